The Morgan fingerprint density at radius 3 is 2.67 bits per heavy atom. The van der Waals surface area contributed by atoms with Gasteiger partial charge in [0.1, 0.15) is 5.82 Å². The lowest BCUT2D eigenvalue weighted by molar-refractivity contribution is 0.0696. The number of carboxylic acids is 1. The van der Waals surface area contributed by atoms with Crippen molar-refractivity contribution in [2.45, 2.75) is 6.42 Å². The van der Waals surface area contributed by atoms with Crippen LogP contribution in [-0.2, 0) is 6.42 Å². The molecule has 106 valence electrons. The van der Waals surface area contributed by atoms with Gasteiger partial charge in [-0.2, -0.15) is 0 Å². The SMILES string of the molecule is O=C(O)c1ccc2nnc(Cc3ccc(Cl)c(Cl)c3)n2c1. The zero-order valence-corrected chi connectivity index (χ0v) is 12.1. The number of carbonyl (C=O) groups is 1. The second kappa shape index (κ2) is 5.35. The molecule has 0 saturated heterocycles. The van der Waals surface area contributed by atoms with Crippen molar-refractivity contribution in [2.75, 3.05) is 0 Å². The second-order valence-electron chi connectivity index (χ2n) is 4.49. The van der Waals surface area contributed by atoms with E-state index in [9.17, 15) is 4.79 Å². The van der Waals surface area contributed by atoms with Crippen LogP contribution >= 0.6 is 23.2 Å². The summed E-state index contributed by atoms with van der Waals surface area (Å²) in [6.45, 7) is 0. The fourth-order valence-electron chi connectivity index (χ4n) is 2.02. The van der Waals surface area contributed by atoms with Gasteiger partial charge in [-0.1, -0.05) is 29.3 Å². The van der Waals surface area contributed by atoms with Crippen molar-refractivity contribution < 1.29 is 9.90 Å². The fourth-order valence-corrected chi connectivity index (χ4v) is 2.34. The molecule has 0 bridgehead atoms. The number of aromatic carboxylic acids is 1. The monoisotopic (exact) mass is 321 g/mol. The van der Waals surface area contributed by atoms with Crippen molar-refractivity contribution in [2.24, 2.45) is 0 Å². The van der Waals surface area contributed by atoms with E-state index in [2.05, 4.69) is 10.2 Å². The van der Waals surface area contributed by atoms with E-state index in [-0.39, 0.29) is 5.56 Å². The molecular weight excluding hydrogens is 313 g/mol. The van der Waals surface area contributed by atoms with Gasteiger partial charge in [0.15, 0.2) is 5.65 Å². The van der Waals surface area contributed by atoms with Crippen molar-refractivity contribution in [3.05, 3.63) is 63.5 Å². The lowest BCUT2D eigenvalue weighted by atomic mass is 10.1. The van der Waals surface area contributed by atoms with Gasteiger partial charge in [-0.15, -0.1) is 10.2 Å². The molecule has 0 aliphatic rings. The smallest absolute Gasteiger partial charge is 0.337 e. The van der Waals surface area contributed by atoms with E-state index in [0.717, 1.165) is 5.56 Å². The normalized spacial score (nSPS) is 11.0. The number of nitrogens with zero attached hydrogens (tertiary/aromatic N) is 3. The Bertz CT molecular complexity index is 845. The zero-order chi connectivity index (χ0) is 15.0. The Hall–Kier alpha value is -2.11. The first kappa shape index (κ1) is 13.9. The summed E-state index contributed by atoms with van der Waals surface area (Å²) in [5, 5.41) is 18.1. The number of benzene rings is 1. The number of pyridine rings is 1. The van der Waals surface area contributed by atoms with Crippen molar-refractivity contribution >= 4 is 34.8 Å². The number of hydrogen-bond acceptors (Lipinski definition) is 3. The van der Waals surface area contributed by atoms with Crippen LogP contribution in [0.15, 0.2) is 36.5 Å². The van der Waals surface area contributed by atoms with Gasteiger partial charge in [-0.05, 0) is 29.8 Å². The summed E-state index contributed by atoms with van der Waals surface area (Å²) in [5.74, 6) is -0.363. The molecule has 0 spiro atoms. The van der Waals surface area contributed by atoms with E-state index in [1.54, 1.807) is 22.6 Å². The van der Waals surface area contributed by atoms with E-state index in [1.165, 1.54) is 12.3 Å². The molecule has 1 aromatic carbocycles. The first-order chi connectivity index (χ1) is 10.0. The first-order valence-corrected chi connectivity index (χ1v) is 6.81. The van der Waals surface area contributed by atoms with Crippen LogP contribution in [0.2, 0.25) is 10.0 Å². The minimum atomic E-state index is -0.994. The largest absolute Gasteiger partial charge is 0.478 e. The summed E-state index contributed by atoms with van der Waals surface area (Å²) >= 11 is 11.9. The quantitative estimate of drug-likeness (QED) is 0.803. The number of halogens is 2. The van der Waals surface area contributed by atoms with E-state index in [0.29, 0.717) is 27.9 Å². The van der Waals surface area contributed by atoms with Gasteiger partial charge in [0.2, 0.25) is 0 Å². The Balaban J connectivity index is 2.01. The summed E-state index contributed by atoms with van der Waals surface area (Å²) in [6.07, 6.45) is 1.98. The summed E-state index contributed by atoms with van der Waals surface area (Å²) in [6, 6.07) is 8.43. The first-order valence-electron chi connectivity index (χ1n) is 6.05. The van der Waals surface area contributed by atoms with Gasteiger partial charge in [-0.25, -0.2) is 4.79 Å². The third-order valence-electron chi connectivity index (χ3n) is 3.07. The van der Waals surface area contributed by atoms with E-state index in [4.69, 9.17) is 28.3 Å². The number of hydrogen-bond donors (Lipinski definition) is 1. The van der Waals surface area contributed by atoms with Crippen LogP contribution < -0.4 is 0 Å². The average Bonchev–Trinajstić information content (AvgIpc) is 2.85. The molecule has 0 saturated carbocycles. The van der Waals surface area contributed by atoms with Crippen molar-refractivity contribution in [3.63, 3.8) is 0 Å². The molecule has 7 heteroatoms. The highest BCUT2D eigenvalue weighted by Crippen LogP contribution is 2.23. The fraction of sp³-hybridized carbons (Fsp3) is 0.0714. The van der Waals surface area contributed by atoms with Crippen molar-refractivity contribution in [3.8, 4) is 0 Å². The number of rotatable bonds is 3. The third kappa shape index (κ3) is 2.70. The molecular formula is C14H9Cl2N3O2. The highest BCUT2D eigenvalue weighted by atomic mass is 35.5. The molecule has 0 aliphatic carbocycles. The van der Waals surface area contributed by atoms with Crippen LogP contribution in [0, 0.1) is 0 Å². The molecule has 2 aromatic heterocycles. The van der Waals surface area contributed by atoms with Crippen LogP contribution in [0.5, 0.6) is 0 Å². The van der Waals surface area contributed by atoms with Gasteiger partial charge in [0.25, 0.3) is 0 Å². The molecule has 0 aliphatic heterocycles. The predicted molar refractivity (Wildman–Crippen MR) is 79.2 cm³/mol. The molecule has 1 N–H and O–H groups in total. The van der Waals surface area contributed by atoms with Crippen LogP contribution in [0.25, 0.3) is 5.65 Å². The lowest BCUT2D eigenvalue weighted by Crippen LogP contribution is -2.01. The van der Waals surface area contributed by atoms with Crippen LogP contribution in [0.4, 0.5) is 0 Å². The molecule has 0 atom stereocenters. The number of carboxylic acid groups (broad SMARTS) is 1. The van der Waals surface area contributed by atoms with Crippen LogP contribution in [0.3, 0.4) is 0 Å². The molecule has 3 rings (SSSR count). The summed E-state index contributed by atoms with van der Waals surface area (Å²) < 4.78 is 1.66. The molecule has 0 unspecified atom stereocenters. The second-order valence-corrected chi connectivity index (χ2v) is 5.31. The predicted octanol–water partition coefficient (Wildman–Crippen LogP) is 3.33. The highest BCUT2D eigenvalue weighted by molar-refractivity contribution is 6.42. The van der Waals surface area contributed by atoms with E-state index >= 15 is 0 Å². The standard InChI is InChI=1S/C14H9Cl2N3O2/c15-10-3-1-8(5-11(10)16)6-13-18-17-12-4-2-9(14(20)21)7-19(12)13/h1-5,7H,6H2,(H,20,21). The van der Waals surface area contributed by atoms with Crippen molar-refractivity contribution in [1.82, 2.24) is 14.6 Å². The van der Waals surface area contributed by atoms with Crippen LogP contribution in [0.1, 0.15) is 21.7 Å². The summed E-state index contributed by atoms with van der Waals surface area (Å²) in [7, 11) is 0. The Morgan fingerprint density at radius 2 is 1.95 bits per heavy atom. The molecule has 5 nitrogen and oxygen atoms in total. The van der Waals surface area contributed by atoms with Crippen LogP contribution in [-0.4, -0.2) is 25.7 Å². The maximum atomic E-state index is 11.0. The zero-order valence-electron chi connectivity index (χ0n) is 10.6. The Kier molecular flexibility index (Phi) is 3.53. The highest BCUT2D eigenvalue weighted by Gasteiger charge is 2.10. The molecule has 2 heterocycles. The summed E-state index contributed by atoms with van der Waals surface area (Å²) in [4.78, 5) is 11.0. The lowest BCUT2D eigenvalue weighted by Gasteiger charge is -2.03. The number of fused-ring (bicyclic) bond motifs is 1. The van der Waals surface area contributed by atoms with Crippen molar-refractivity contribution in [1.29, 1.82) is 0 Å². The molecule has 3 aromatic rings. The molecule has 0 radical (unpaired) electrons. The van der Waals surface area contributed by atoms with E-state index in [1.807, 2.05) is 6.07 Å². The molecule has 21 heavy (non-hydrogen) atoms. The number of aromatic nitrogens is 3. The average molecular weight is 322 g/mol. The summed E-state index contributed by atoms with van der Waals surface area (Å²) in [5.41, 5.74) is 1.69. The third-order valence-corrected chi connectivity index (χ3v) is 3.81. The van der Waals surface area contributed by atoms with Gasteiger partial charge in [0.05, 0.1) is 15.6 Å². The minimum absolute atomic E-state index is 0.178. The molecule has 0 fully saturated rings. The van der Waals surface area contributed by atoms with E-state index < -0.39 is 5.97 Å². The Morgan fingerprint density at radius 1 is 1.14 bits per heavy atom. The topological polar surface area (TPSA) is 67.5 Å². The van der Waals surface area contributed by atoms with Gasteiger partial charge >= 0.3 is 5.97 Å². The Labute approximate surface area is 129 Å². The maximum absolute atomic E-state index is 11.0. The maximum Gasteiger partial charge on any atom is 0.337 e. The van der Waals surface area contributed by atoms with Gasteiger partial charge in [0, 0.05) is 12.6 Å². The van der Waals surface area contributed by atoms with Gasteiger partial charge in [-0.3, -0.25) is 4.40 Å². The minimum Gasteiger partial charge on any atom is -0.478 e. The van der Waals surface area contributed by atoms with Gasteiger partial charge < -0.3 is 5.11 Å². The molecule has 0 amide bonds.